The second-order valence-electron chi connectivity index (χ2n) is 4.67. The molecule has 102 valence electrons. The van der Waals surface area contributed by atoms with Crippen LogP contribution in [0.5, 0.6) is 0 Å². The highest BCUT2D eigenvalue weighted by atomic mass is 16.6. The fourth-order valence-corrected chi connectivity index (χ4v) is 2.14. The standard InChI is InChI=1S/C12H22N4O2/c1-6-7-15-11(8(2)9(3)13-5)12(16(17)18)10(4)14-15/h8-9,13H,6-7H2,1-5H3. The van der Waals surface area contributed by atoms with Gasteiger partial charge < -0.3 is 5.32 Å². The number of nitrogens with one attached hydrogen (secondary N) is 1. The van der Waals surface area contributed by atoms with E-state index in [1.807, 2.05) is 27.8 Å². The third kappa shape index (κ3) is 2.69. The van der Waals surface area contributed by atoms with Gasteiger partial charge in [-0.25, -0.2) is 0 Å². The van der Waals surface area contributed by atoms with Crippen molar-refractivity contribution in [1.82, 2.24) is 15.1 Å². The largest absolute Gasteiger partial charge is 0.317 e. The molecule has 0 bridgehead atoms. The first-order valence-electron chi connectivity index (χ1n) is 6.32. The molecule has 0 aliphatic rings. The molecule has 1 aromatic heterocycles. The monoisotopic (exact) mass is 254 g/mol. The number of nitrogens with zero attached hydrogens (tertiary/aromatic N) is 3. The number of hydrogen-bond acceptors (Lipinski definition) is 4. The van der Waals surface area contributed by atoms with Gasteiger partial charge in [-0.1, -0.05) is 13.8 Å². The Bertz CT molecular complexity index is 428. The third-order valence-corrected chi connectivity index (χ3v) is 3.39. The van der Waals surface area contributed by atoms with Crippen LogP contribution < -0.4 is 5.32 Å². The van der Waals surface area contributed by atoms with Crippen LogP contribution >= 0.6 is 0 Å². The van der Waals surface area contributed by atoms with Gasteiger partial charge in [-0.3, -0.25) is 14.8 Å². The molecule has 18 heavy (non-hydrogen) atoms. The first-order valence-corrected chi connectivity index (χ1v) is 6.32. The zero-order chi connectivity index (χ0) is 13.9. The molecule has 1 rings (SSSR count). The Balaban J connectivity index is 3.31. The molecule has 6 heteroatoms. The Kier molecular flexibility index (Phi) is 4.84. The third-order valence-electron chi connectivity index (χ3n) is 3.39. The van der Waals surface area contributed by atoms with Gasteiger partial charge in [0.15, 0.2) is 0 Å². The van der Waals surface area contributed by atoms with E-state index in [2.05, 4.69) is 10.4 Å². The van der Waals surface area contributed by atoms with Crippen molar-refractivity contribution in [3.05, 3.63) is 21.5 Å². The van der Waals surface area contributed by atoms with E-state index in [4.69, 9.17) is 0 Å². The van der Waals surface area contributed by atoms with E-state index in [0.29, 0.717) is 12.2 Å². The molecule has 0 spiro atoms. The van der Waals surface area contributed by atoms with Crippen molar-refractivity contribution in [2.24, 2.45) is 0 Å². The van der Waals surface area contributed by atoms with Crippen molar-refractivity contribution in [2.75, 3.05) is 7.05 Å². The van der Waals surface area contributed by atoms with Crippen LogP contribution in [-0.2, 0) is 6.54 Å². The summed E-state index contributed by atoms with van der Waals surface area (Å²) in [7, 11) is 1.86. The van der Waals surface area contributed by atoms with E-state index in [9.17, 15) is 10.1 Å². The molecule has 2 unspecified atom stereocenters. The number of rotatable bonds is 6. The zero-order valence-electron chi connectivity index (χ0n) is 11.7. The van der Waals surface area contributed by atoms with Crippen LogP contribution in [0.1, 0.15) is 44.5 Å². The molecule has 1 aromatic rings. The highest BCUT2D eigenvalue weighted by Crippen LogP contribution is 2.31. The molecule has 1 N–H and O–H groups in total. The lowest BCUT2D eigenvalue weighted by molar-refractivity contribution is -0.386. The topological polar surface area (TPSA) is 73.0 Å². The van der Waals surface area contributed by atoms with E-state index in [1.165, 1.54) is 0 Å². The molecule has 0 fully saturated rings. The number of nitro groups is 1. The Hall–Kier alpha value is -1.43. The number of aryl methyl sites for hydroxylation is 2. The summed E-state index contributed by atoms with van der Waals surface area (Å²) < 4.78 is 1.78. The molecular formula is C12H22N4O2. The van der Waals surface area contributed by atoms with Gasteiger partial charge in [0, 0.05) is 18.5 Å². The highest BCUT2D eigenvalue weighted by molar-refractivity contribution is 5.43. The molecule has 2 atom stereocenters. The lowest BCUT2D eigenvalue weighted by Crippen LogP contribution is -2.29. The van der Waals surface area contributed by atoms with Crippen molar-refractivity contribution in [2.45, 2.75) is 52.6 Å². The predicted molar refractivity (Wildman–Crippen MR) is 70.8 cm³/mol. The first-order chi connectivity index (χ1) is 8.43. The van der Waals surface area contributed by atoms with Crippen molar-refractivity contribution in [3.63, 3.8) is 0 Å². The molecular weight excluding hydrogens is 232 g/mol. The maximum atomic E-state index is 11.2. The quantitative estimate of drug-likeness (QED) is 0.624. The maximum absolute atomic E-state index is 11.2. The average Bonchev–Trinajstić information content (AvgIpc) is 2.64. The SMILES string of the molecule is CCCn1nc(C)c([N+](=O)[O-])c1C(C)C(C)NC. The van der Waals surface area contributed by atoms with Gasteiger partial charge in [-0.2, -0.15) is 5.10 Å². The van der Waals surface area contributed by atoms with E-state index < -0.39 is 0 Å². The Morgan fingerprint density at radius 1 is 1.50 bits per heavy atom. The second kappa shape index (κ2) is 5.95. The van der Waals surface area contributed by atoms with Crippen LogP contribution in [0.2, 0.25) is 0 Å². The summed E-state index contributed by atoms with van der Waals surface area (Å²) >= 11 is 0. The summed E-state index contributed by atoms with van der Waals surface area (Å²) in [6.07, 6.45) is 0.909. The maximum Gasteiger partial charge on any atom is 0.313 e. The molecule has 0 aliphatic carbocycles. The molecule has 0 amide bonds. The van der Waals surface area contributed by atoms with Gasteiger partial charge >= 0.3 is 5.69 Å². The van der Waals surface area contributed by atoms with E-state index >= 15 is 0 Å². The molecule has 0 radical (unpaired) electrons. The number of aromatic nitrogens is 2. The number of likely N-dealkylation sites (N-methyl/N-ethyl adjacent to an activating group) is 1. The Morgan fingerprint density at radius 3 is 2.56 bits per heavy atom. The first kappa shape index (κ1) is 14.6. The van der Waals surface area contributed by atoms with Crippen molar-refractivity contribution in [3.8, 4) is 0 Å². The lowest BCUT2D eigenvalue weighted by atomic mass is 9.98. The van der Waals surface area contributed by atoms with Crippen LogP contribution in [0.15, 0.2) is 0 Å². The summed E-state index contributed by atoms with van der Waals surface area (Å²) in [5, 5.41) is 18.7. The van der Waals surface area contributed by atoms with Gasteiger partial charge in [-0.05, 0) is 27.3 Å². The number of hydrogen-bond donors (Lipinski definition) is 1. The minimum atomic E-state index is -0.317. The Labute approximate surface area is 108 Å². The summed E-state index contributed by atoms with van der Waals surface area (Å²) in [5.41, 5.74) is 1.39. The summed E-state index contributed by atoms with van der Waals surface area (Å²) in [6, 6.07) is 0.162. The second-order valence-corrected chi connectivity index (χ2v) is 4.67. The Morgan fingerprint density at radius 2 is 2.11 bits per heavy atom. The normalized spacial score (nSPS) is 14.5. The van der Waals surface area contributed by atoms with Gasteiger partial charge in [0.1, 0.15) is 11.4 Å². The van der Waals surface area contributed by atoms with Gasteiger partial charge in [0.25, 0.3) is 0 Å². The predicted octanol–water partition coefficient (Wildman–Crippen LogP) is 2.22. The average molecular weight is 254 g/mol. The zero-order valence-corrected chi connectivity index (χ0v) is 11.7. The fraction of sp³-hybridized carbons (Fsp3) is 0.750. The molecule has 0 aromatic carbocycles. The van der Waals surface area contributed by atoms with E-state index in [0.717, 1.165) is 12.1 Å². The summed E-state index contributed by atoms with van der Waals surface area (Å²) in [4.78, 5) is 10.9. The van der Waals surface area contributed by atoms with Gasteiger partial charge in [0.05, 0.1) is 4.92 Å². The minimum absolute atomic E-state index is 0.0446. The van der Waals surface area contributed by atoms with E-state index in [-0.39, 0.29) is 22.6 Å². The van der Waals surface area contributed by atoms with Crippen molar-refractivity contribution < 1.29 is 4.92 Å². The molecule has 0 saturated heterocycles. The van der Waals surface area contributed by atoms with Crippen LogP contribution in [0.3, 0.4) is 0 Å². The molecule has 0 saturated carbocycles. The smallest absolute Gasteiger partial charge is 0.313 e. The fourth-order valence-electron chi connectivity index (χ4n) is 2.14. The van der Waals surface area contributed by atoms with Gasteiger partial charge in [-0.15, -0.1) is 0 Å². The molecule has 6 nitrogen and oxygen atoms in total. The summed E-state index contributed by atoms with van der Waals surface area (Å²) in [6.45, 7) is 8.47. The molecule has 1 heterocycles. The van der Waals surface area contributed by atoms with Crippen molar-refractivity contribution in [1.29, 1.82) is 0 Å². The lowest BCUT2D eigenvalue weighted by Gasteiger charge is -2.19. The molecule has 0 aliphatic heterocycles. The van der Waals surface area contributed by atoms with Crippen LogP contribution in [0.25, 0.3) is 0 Å². The summed E-state index contributed by atoms with van der Waals surface area (Å²) in [5.74, 6) is 0.0446. The van der Waals surface area contributed by atoms with Crippen LogP contribution in [0.4, 0.5) is 5.69 Å². The highest BCUT2D eigenvalue weighted by Gasteiger charge is 2.30. The van der Waals surface area contributed by atoms with Gasteiger partial charge in [0.2, 0.25) is 0 Å². The van der Waals surface area contributed by atoms with Crippen molar-refractivity contribution >= 4 is 5.69 Å². The van der Waals surface area contributed by atoms with E-state index in [1.54, 1.807) is 11.6 Å². The van der Waals surface area contributed by atoms with Crippen LogP contribution in [0, 0.1) is 17.0 Å². The van der Waals surface area contributed by atoms with Crippen LogP contribution in [-0.4, -0.2) is 27.8 Å². The minimum Gasteiger partial charge on any atom is -0.317 e.